The zero-order chi connectivity index (χ0) is 23.4. The van der Waals surface area contributed by atoms with Crippen LogP contribution in [0.15, 0.2) is 82.6 Å². The molecule has 3 aromatic rings. The summed E-state index contributed by atoms with van der Waals surface area (Å²) in [5.74, 6) is 0.501. The number of carbonyl (C=O) groups excluding carboxylic acids is 1. The van der Waals surface area contributed by atoms with Crippen molar-refractivity contribution in [2.45, 2.75) is 21.7 Å². The minimum absolute atomic E-state index is 0.226. The Morgan fingerprint density at radius 1 is 0.875 bits per heavy atom. The fourth-order valence-electron chi connectivity index (χ4n) is 2.80. The van der Waals surface area contributed by atoms with Gasteiger partial charge in [0.15, 0.2) is 9.84 Å². The second kappa shape index (κ2) is 9.66. The number of halogens is 3. The molecule has 0 saturated heterocycles. The molecule has 0 fully saturated rings. The summed E-state index contributed by atoms with van der Waals surface area (Å²) < 4.78 is 62.5. The van der Waals surface area contributed by atoms with E-state index in [1.807, 2.05) is 0 Å². The van der Waals surface area contributed by atoms with Gasteiger partial charge in [0.2, 0.25) is 0 Å². The molecule has 3 aromatic carbocycles. The molecule has 0 bridgehead atoms. The lowest BCUT2D eigenvalue weighted by Gasteiger charge is -2.15. The molecule has 0 atom stereocenters. The number of rotatable bonds is 6. The van der Waals surface area contributed by atoms with Crippen LogP contribution >= 0.6 is 11.8 Å². The van der Waals surface area contributed by atoms with Crippen LogP contribution in [0.4, 0.5) is 29.3 Å². The standard InChI is InChI=1S/C22H19F3N2O3S2/c1-32(29,30)16-12-10-15(11-13-16)14-31-20-9-5-4-8-19(20)27-21(28)26-18-7-3-2-6-17(18)22(23,24)25/h2-13H,14H2,1H3,(H2,26,27,28). The number of nitrogens with one attached hydrogen (secondary N) is 2. The summed E-state index contributed by atoms with van der Waals surface area (Å²) in [4.78, 5) is 13.3. The molecule has 0 radical (unpaired) electrons. The van der Waals surface area contributed by atoms with Crippen molar-refractivity contribution in [2.24, 2.45) is 0 Å². The molecule has 2 N–H and O–H groups in total. The zero-order valence-electron chi connectivity index (χ0n) is 16.8. The predicted octanol–water partition coefficient (Wildman–Crippen LogP) is 6.05. The van der Waals surface area contributed by atoms with E-state index >= 15 is 0 Å². The average Bonchev–Trinajstić information content (AvgIpc) is 2.72. The molecule has 0 spiro atoms. The van der Waals surface area contributed by atoms with Crippen LogP contribution in [0, 0.1) is 0 Å². The Balaban J connectivity index is 1.69. The van der Waals surface area contributed by atoms with Gasteiger partial charge >= 0.3 is 12.2 Å². The number of para-hydroxylation sites is 2. The molecule has 0 aliphatic heterocycles. The lowest BCUT2D eigenvalue weighted by Crippen LogP contribution is -2.22. The number of benzene rings is 3. The van der Waals surface area contributed by atoms with Gasteiger partial charge in [-0.05, 0) is 42.0 Å². The molecule has 5 nitrogen and oxygen atoms in total. The average molecular weight is 481 g/mol. The molecule has 0 aliphatic carbocycles. The Morgan fingerprint density at radius 2 is 1.44 bits per heavy atom. The zero-order valence-corrected chi connectivity index (χ0v) is 18.4. The highest BCUT2D eigenvalue weighted by atomic mass is 32.2. The van der Waals surface area contributed by atoms with Crippen LogP contribution in [0.3, 0.4) is 0 Å². The molecule has 3 rings (SSSR count). The molecular formula is C22H19F3N2O3S2. The van der Waals surface area contributed by atoms with Crippen LogP contribution in [0.25, 0.3) is 0 Å². The van der Waals surface area contributed by atoms with Gasteiger partial charge in [0.05, 0.1) is 21.8 Å². The molecule has 0 aliphatic rings. The Bertz CT molecular complexity index is 1210. The number of thioether (sulfide) groups is 1. The van der Waals surface area contributed by atoms with Crippen molar-refractivity contribution in [3.8, 4) is 0 Å². The van der Waals surface area contributed by atoms with Gasteiger partial charge in [-0.3, -0.25) is 0 Å². The quantitative estimate of drug-likeness (QED) is 0.422. The van der Waals surface area contributed by atoms with E-state index in [4.69, 9.17) is 0 Å². The van der Waals surface area contributed by atoms with Crippen molar-refractivity contribution in [2.75, 3.05) is 16.9 Å². The summed E-state index contributed by atoms with van der Waals surface area (Å²) in [5.41, 5.74) is 0.0388. The Hall–Kier alpha value is -2.98. The lowest BCUT2D eigenvalue weighted by molar-refractivity contribution is -0.136. The van der Waals surface area contributed by atoms with Crippen LogP contribution < -0.4 is 10.6 Å². The van der Waals surface area contributed by atoms with E-state index in [0.717, 1.165) is 17.9 Å². The highest BCUT2D eigenvalue weighted by Crippen LogP contribution is 2.35. The van der Waals surface area contributed by atoms with E-state index in [9.17, 15) is 26.4 Å². The van der Waals surface area contributed by atoms with Gasteiger partial charge < -0.3 is 10.6 Å². The molecule has 0 aromatic heterocycles. The number of carbonyl (C=O) groups is 1. The molecule has 0 saturated carbocycles. The number of anilines is 2. The molecule has 32 heavy (non-hydrogen) atoms. The largest absolute Gasteiger partial charge is 0.418 e. The third kappa shape index (κ3) is 6.27. The first-order valence-corrected chi connectivity index (χ1v) is 12.2. The van der Waals surface area contributed by atoms with Crippen LogP contribution in [0.1, 0.15) is 11.1 Å². The fourth-order valence-corrected chi connectivity index (χ4v) is 4.40. The second-order valence-corrected chi connectivity index (χ2v) is 9.86. The summed E-state index contributed by atoms with van der Waals surface area (Å²) in [6.45, 7) is 0. The highest BCUT2D eigenvalue weighted by molar-refractivity contribution is 7.98. The summed E-state index contributed by atoms with van der Waals surface area (Å²) in [6.07, 6.45) is -3.46. The number of urea groups is 1. The Kier molecular flexibility index (Phi) is 7.15. The smallest absolute Gasteiger partial charge is 0.307 e. The maximum Gasteiger partial charge on any atom is 0.418 e. The number of alkyl halides is 3. The molecule has 2 amide bonds. The van der Waals surface area contributed by atoms with E-state index in [1.54, 1.807) is 36.4 Å². The third-order valence-electron chi connectivity index (χ3n) is 4.36. The van der Waals surface area contributed by atoms with Gasteiger partial charge in [0.1, 0.15) is 0 Å². The molecule has 168 valence electrons. The fraction of sp³-hybridized carbons (Fsp3) is 0.136. The topological polar surface area (TPSA) is 75.3 Å². The van der Waals surface area contributed by atoms with Gasteiger partial charge in [-0.25, -0.2) is 13.2 Å². The van der Waals surface area contributed by atoms with Gasteiger partial charge in [-0.15, -0.1) is 11.8 Å². The van der Waals surface area contributed by atoms with Crippen molar-refractivity contribution < 1.29 is 26.4 Å². The number of hydrogen-bond acceptors (Lipinski definition) is 4. The van der Waals surface area contributed by atoms with Gasteiger partial charge in [-0.1, -0.05) is 36.4 Å². The minimum atomic E-state index is -4.59. The third-order valence-corrected chi connectivity index (χ3v) is 6.63. The van der Waals surface area contributed by atoms with Crippen molar-refractivity contribution in [1.29, 1.82) is 0 Å². The second-order valence-electron chi connectivity index (χ2n) is 6.82. The highest BCUT2D eigenvalue weighted by Gasteiger charge is 2.33. The van der Waals surface area contributed by atoms with Crippen molar-refractivity contribution in [3.05, 3.63) is 83.9 Å². The van der Waals surface area contributed by atoms with E-state index in [1.165, 1.54) is 42.1 Å². The molecule has 0 unspecified atom stereocenters. The van der Waals surface area contributed by atoms with Crippen LogP contribution in [-0.2, 0) is 21.8 Å². The lowest BCUT2D eigenvalue weighted by atomic mass is 10.1. The van der Waals surface area contributed by atoms with E-state index in [0.29, 0.717) is 16.3 Å². The van der Waals surface area contributed by atoms with E-state index in [-0.39, 0.29) is 10.6 Å². The van der Waals surface area contributed by atoms with Crippen molar-refractivity contribution >= 4 is 39.0 Å². The van der Waals surface area contributed by atoms with Gasteiger partial charge in [0.25, 0.3) is 0 Å². The van der Waals surface area contributed by atoms with Crippen molar-refractivity contribution in [3.63, 3.8) is 0 Å². The van der Waals surface area contributed by atoms with Gasteiger partial charge in [-0.2, -0.15) is 13.2 Å². The van der Waals surface area contributed by atoms with Crippen LogP contribution in [0.2, 0.25) is 0 Å². The van der Waals surface area contributed by atoms with E-state index in [2.05, 4.69) is 10.6 Å². The maximum absolute atomic E-state index is 13.1. The first-order valence-electron chi connectivity index (χ1n) is 9.29. The SMILES string of the molecule is CS(=O)(=O)c1ccc(CSc2ccccc2NC(=O)Nc2ccccc2C(F)(F)F)cc1. The first kappa shape index (κ1) is 23.7. The number of hydrogen-bond donors (Lipinski definition) is 2. The molecule has 0 heterocycles. The Labute approximate surface area is 188 Å². The predicted molar refractivity (Wildman–Crippen MR) is 120 cm³/mol. The first-order chi connectivity index (χ1) is 15.0. The van der Waals surface area contributed by atoms with Crippen LogP contribution in [-0.4, -0.2) is 20.7 Å². The monoisotopic (exact) mass is 480 g/mol. The normalized spacial score (nSPS) is 11.8. The van der Waals surface area contributed by atoms with Gasteiger partial charge in [0, 0.05) is 16.9 Å². The Morgan fingerprint density at radius 3 is 2.06 bits per heavy atom. The number of amides is 2. The summed E-state index contributed by atoms with van der Waals surface area (Å²) >= 11 is 1.40. The van der Waals surface area contributed by atoms with Crippen molar-refractivity contribution in [1.82, 2.24) is 0 Å². The minimum Gasteiger partial charge on any atom is -0.307 e. The maximum atomic E-state index is 13.1. The number of sulfone groups is 1. The molecule has 10 heteroatoms. The molecular weight excluding hydrogens is 461 g/mol. The summed E-state index contributed by atoms with van der Waals surface area (Å²) in [6, 6.07) is 17.3. The van der Waals surface area contributed by atoms with E-state index < -0.39 is 27.6 Å². The summed E-state index contributed by atoms with van der Waals surface area (Å²) in [5, 5.41) is 4.84. The summed E-state index contributed by atoms with van der Waals surface area (Å²) in [7, 11) is -3.28. The van der Waals surface area contributed by atoms with Crippen LogP contribution in [0.5, 0.6) is 0 Å².